The molecule has 0 unspecified atom stereocenters. The van der Waals surface area contributed by atoms with Gasteiger partial charge in [0.1, 0.15) is 0 Å². The number of rotatable bonds is 4. The molecular weight excluding hydrogens is 548 g/mol. The molecule has 1 aliphatic heterocycles. The van der Waals surface area contributed by atoms with Crippen LogP contribution in [0.15, 0.2) is 35.5 Å². The number of nitrogens with zero attached hydrogens (tertiary/aromatic N) is 5. The highest BCUT2D eigenvalue weighted by molar-refractivity contribution is 14.0. The quantitative estimate of drug-likeness (QED) is 0.349. The second-order valence-electron chi connectivity index (χ2n) is 6.94. The van der Waals surface area contributed by atoms with Gasteiger partial charge in [-0.2, -0.15) is 18.3 Å². The highest BCUT2D eigenvalue weighted by Crippen LogP contribution is 2.30. The van der Waals surface area contributed by atoms with Gasteiger partial charge < -0.3 is 15.1 Å². The Morgan fingerprint density at radius 2 is 1.94 bits per heavy atom. The van der Waals surface area contributed by atoms with Crippen LogP contribution in [-0.2, 0) is 31.1 Å². The molecular formula is C19H23ClF3IN6O. The summed E-state index contributed by atoms with van der Waals surface area (Å²) in [6.07, 6.45) is -3.22. The summed E-state index contributed by atoms with van der Waals surface area (Å²) in [6, 6.07) is 7.29. The van der Waals surface area contributed by atoms with Crippen LogP contribution in [-0.4, -0.2) is 58.1 Å². The number of nitrogens with one attached hydrogen (secondary N) is 1. The molecule has 1 N–H and O–H groups in total. The molecule has 0 aliphatic carbocycles. The minimum Gasteiger partial charge on any atom is -0.352 e. The molecule has 31 heavy (non-hydrogen) atoms. The molecule has 0 spiro atoms. The lowest BCUT2D eigenvalue weighted by Crippen LogP contribution is -2.54. The topological polar surface area (TPSA) is 65.8 Å². The van der Waals surface area contributed by atoms with E-state index in [1.807, 2.05) is 12.1 Å². The Morgan fingerprint density at radius 1 is 1.26 bits per heavy atom. The van der Waals surface area contributed by atoms with Crippen molar-refractivity contribution in [1.29, 1.82) is 0 Å². The first-order valence-electron chi connectivity index (χ1n) is 9.25. The first kappa shape index (κ1) is 25.2. The van der Waals surface area contributed by atoms with Crippen LogP contribution in [0.25, 0.3) is 0 Å². The minimum absolute atomic E-state index is 0. The standard InChI is InChI=1S/C19H22ClF3N6O.HI/c1-24-18(25-9-14-11-27(2)26-17(14)19(21,22)23)29-8-7-28(16(30)12-29)10-13-3-5-15(20)6-4-13;/h3-6,11H,7-10,12H2,1-2H3,(H,24,25);1H. The Bertz CT molecular complexity index is 932. The van der Waals surface area contributed by atoms with Gasteiger partial charge in [-0.05, 0) is 17.7 Å². The molecule has 3 rings (SSSR count). The Kier molecular flexibility index (Phi) is 8.57. The fraction of sp³-hybridized carbons (Fsp3) is 0.421. The number of guanidine groups is 1. The van der Waals surface area contributed by atoms with Crippen LogP contribution in [0.4, 0.5) is 13.2 Å². The largest absolute Gasteiger partial charge is 0.435 e. The average Bonchev–Trinajstić information content (AvgIpc) is 3.07. The number of hydrogen-bond acceptors (Lipinski definition) is 3. The number of carbonyl (C=O) groups is 1. The number of aryl methyl sites for hydroxylation is 1. The van der Waals surface area contributed by atoms with E-state index in [1.165, 1.54) is 20.3 Å². The monoisotopic (exact) mass is 570 g/mol. The van der Waals surface area contributed by atoms with Gasteiger partial charge in [0.25, 0.3) is 0 Å². The van der Waals surface area contributed by atoms with Crippen molar-refractivity contribution in [2.24, 2.45) is 12.0 Å². The van der Waals surface area contributed by atoms with Gasteiger partial charge in [-0.15, -0.1) is 24.0 Å². The first-order valence-corrected chi connectivity index (χ1v) is 9.62. The lowest BCUT2D eigenvalue weighted by atomic mass is 10.2. The Morgan fingerprint density at radius 3 is 2.52 bits per heavy atom. The zero-order chi connectivity index (χ0) is 21.9. The highest BCUT2D eigenvalue weighted by atomic mass is 127. The third-order valence-corrected chi connectivity index (χ3v) is 4.98. The molecule has 0 bridgehead atoms. The molecule has 1 aliphatic rings. The van der Waals surface area contributed by atoms with Gasteiger partial charge in [-0.25, -0.2) is 0 Å². The van der Waals surface area contributed by atoms with Crippen LogP contribution in [0.5, 0.6) is 0 Å². The van der Waals surface area contributed by atoms with E-state index in [0.29, 0.717) is 30.6 Å². The number of benzene rings is 1. The molecule has 1 amide bonds. The SMILES string of the molecule is CN=C(NCc1cn(C)nc1C(F)(F)F)N1CCN(Cc2ccc(Cl)cc2)C(=O)C1.I. The summed E-state index contributed by atoms with van der Waals surface area (Å²) in [7, 11) is 2.97. The summed E-state index contributed by atoms with van der Waals surface area (Å²) in [4.78, 5) is 20.1. The minimum atomic E-state index is -4.54. The fourth-order valence-corrected chi connectivity index (χ4v) is 3.40. The molecule has 2 aromatic rings. The lowest BCUT2D eigenvalue weighted by molar-refractivity contribution is -0.142. The molecule has 170 valence electrons. The average molecular weight is 571 g/mol. The van der Waals surface area contributed by atoms with Gasteiger partial charge in [-0.3, -0.25) is 14.5 Å². The van der Waals surface area contributed by atoms with Crippen LogP contribution in [0.2, 0.25) is 5.02 Å². The van der Waals surface area contributed by atoms with E-state index < -0.39 is 11.9 Å². The summed E-state index contributed by atoms with van der Waals surface area (Å²) < 4.78 is 40.5. The number of aliphatic imine (C=N–C) groups is 1. The second kappa shape index (κ2) is 10.5. The third-order valence-electron chi connectivity index (χ3n) is 4.73. The zero-order valence-corrected chi connectivity index (χ0v) is 20.1. The van der Waals surface area contributed by atoms with E-state index in [0.717, 1.165) is 10.2 Å². The van der Waals surface area contributed by atoms with E-state index in [9.17, 15) is 18.0 Å². The smallest absolute Gasteiger partial charge is 0.352 e. The molecule has 0 saturated carbocycles. The predicted octanol–water partition coefficient (Wildman–Crippen LogP) is 3.13. The number of alkyl halides is 3. The van der Waals surface area contributed by atoms with Crippen molar-refractivity contribution in [3.63, 3.8) is 0 Å². The van der Waals surface area contributed by atoms with Gasteiger partial charge in [0.2, 0.25) is 5.91 Å². The number of aromatic nitrogens is 2. The first-order chi connectivity index (χ1) is 14.2. The number of piperazine rings is 1. The maximum absolute atomic E-state index is 13.1. The maximum atomic E-state index is 13.1. The molecule has 1 aromatic carbocycles. The molecule has 1 aromatic heterocycles. The molecule has 1 saturated heterocycles. The van der Waals surface area contributed by atoms with Gasteiger partial charge in [0.15, 0.2) is 11.7 Å². The fourth-order valence-electron chi connectivity index (χ4n) is 3.28. The molecule has 0 radical (unpaired) electrons. The maximum Gasteiger partial charge on any atom is 0.435 e. The van der Waals surface area contributed by atoms with Crippen molar-refractivity contribution in [2.45, 2.75) is 19.3 Å². The van der Waals surface area contributed by atoms with E-state index in [2.05, 4.69) is 15.4 Å². The van der Waals surface area contributed by atoms with Gasteiger partial charge in [-0.1, -0.05) is 23.7 Å². The zero-order valence-electron chi connectivity index (χ0n) is 17.0. The van der Waals surface area contributed by atoms with Crippen LogP contribution < -0.4 is 5.32 Å². The Labute approximate surface area is 200 Å². The van der Waals surface area contributed by atoms with Crippen LogP contribution in [0, 0.1) is 0 Å². The van der Waals surface area contributed by atoms with Crippen molar-refractivity contribution in [2.75, 3.05) is 26.7 Å². The van der Waals surface area contributed by atoms with Crippen molar-refractivity contribution < 1.29 is 18.0 Å². The van der Waals surface area contributed by atoms with Crippen molar-refractivity contribution in [3.8, 4) is 0 Å². The number of halogens is 5. The van der Waals surface area contributed by atoms with Crippen LogP contribution in [0.3, 0.4) is 0 Å². The second-order valence-corrected chi connectivity index (χ2v) is 7.37. The lowest BCUT2D eigenvalue weighted by Gasteiger charge is -2.36. The third kappa shape index (κ3) is 6.48. The predicted molar refractivity (Wildman–Crippen MR) is 122 cm³/mol. The number of hydrogen-bond donors (Lipinski definition) is 1. The Hall–Kier alpha value is -2.02. The van der Waals surface area contributed by atoms with Crippen molar-refractivity contribution in [3.05, 3.63) is 52.3 Å². The van der Waals surface area contributed by atoms with Gasteiger partial charge in [0.05, 0.1) is 6.54 Å². The Balaban J connectivity index is 0.00000341. The summed E-state index contributed by atoms with van der Waals surface area (Å²) in [5.41, 5.74) is 0.0515. The van der Waals surface area contributed by atoms with E-state index in [-0.39, 0.29) is 48.5 Å². The molecule has 7 nitrogen and oxygen atoms in total. The van der Waals surface area contributed by atoms with E-state index >= 15 is 0 Å². The summed E-state index contributed by atoms with van der Waals surface area (Å²) >= 11 is 5.89. The molecule has 2 heterocycles. The van der Waals surface area contributed by atoms with Gasteiger partial charge in [0, 0.05) is 57.1 Å². The van der Waals surface area contributed by atoms with Crippen LogP contribution in [0.1, 0.15) is 16.8 Å². The van der Waals surface area contributed by atoms with Crippen molar-refractivity contribution >= 4 is 47.4 Å². The van der Waals surface area contributed by atoms with Crippen molar-refractivity contribution in [1.82, 2.24) is 24.9 Å². The van der Waals surface area contributed by atoms with Crippen LogP contribution >= 0.6 is 35.6 Å². The number of carbonyl (C=O) groups excluding carboxylic acids is 1. The van der Waals surface area contributed by atoms with E-state index in [1.54, 1.807) is 21.9 Å². The number of amides is 1. The summed E-state index contributed by atoms with van der Waals surface area (Å²) in [5, 5.41) is 7.04. The normalized spacial score (nSPS) is 15.2. The van der Waals surface area contributed by atoms with Gasteiger partial charge >= 0.3 is 6.18 Å². The molecule has 1 fully saturated rings. The summed E-state index contributed by atoms with van der Waals surface area (Å²) in [5.74, 6) is 0.281. The highest BCUT2D eigenvalue weighted by Gasteiger charge is 2.37. The molecule has 12 heteroatoms. The molecule has 0 atom stereocenters. The summed E-state index contributed by atoms with van der Waals surface area (Å²) in [6.45, 7) is 1.45. The van der Waals surface area contributed by atoms with E-state index in [4.69, 9.17) is 11.6 Å².